The minimum absolute atomic E-state index is 0. The third kappa shape index (κ3) is 10.2. The summed E-state index contributed by atoms with van der Waals surface area (Å²) in [6.07, 6.45) is 5.23. The van der Waals surface area contributed by atoms with Crippen LogP contribution in [0.5, 0.6) is 0 Å². The molecule has 0 amide bonds. The van der Waals surface area contributed by atoms with Gasteiger partial charge in [0.2, 0.25) is 0 Å². The Hall–Kier alpha value is 1.10. The normalized spacial score (nSPS) is 8.25. The Morgan fingerprint density at radius 2 is 2.00 bits per heavy atom. The summed E-state index contributed by atoms with van der Waals surface area (Å²) in [6, 6.07) is 0. The first-order valence-electron chi connectivity index (χ1n) is 2.83. The maximum atomic E-state index is 3.25. The predicted molar refractivity (Wildman–Crippen MR) is 37.4 cm³/mol. The molecule has 2 heteroatoms. The third-order valence-electron chi connectivity index (χ3n) is 0.917. The summed E-state index contributed by atoms with van der Waals surface area (Å²) in [6.45, 7) is 2.22. The first kappa shape index (κ1) is 11.8. The van der Waals surface area contributed by atoms with Gasteiger partial charge in [0.25, 0.3) is 0 Å². The standard InChI is InChI=1S/C6H12Br.Zn/c1-2-3-4-5-6-7;/h6H,2-5H2,1H3;/q-1;. The zero-order valence-corrected chi connectivity index (χ0v) is 10.0. The van der Waals surface area contributed by atoms with Crippen LogP contribution in [-0.2, 0) is 19.5 Å². The van der Waals surface area contributed by atoms with Crippen molar-refractivity contribution in [3.8, 4) is 0 Å². The molecule has 0 spiro atoms. The van der Waals surface area contributed by atoms with Crippen molar-refractivity contribution in [3.63, 3.8) is 0 Å². The maximum Gasteiger partial charge on any atom is 0 e. The Bertz CT molecular complexity index is 27.7. The van der Waals surface area contributed by atoms with E-state index in [-0.39, 0.29) is 19.5 Å². The number of halogens is 1. The minimum Gasteiger partial charge on any atom is -0.320 e. The van der Waals surface area contributed by atoms with Gasteiger partial charge in [0, 0.05) is 19.5 Å². The Morgan fingerprint density at radius 3 is 2.38 bits per heavy atom. The second kappa shape index (κ2) is 11.0. The van der Waals surface area contributed by atoms with Crippen molar-refractivity contribution in [3.05, 3.63) is 5.33 Å². The molecule has 0 atom stereocenters. The van der Waals surface area contributed by atoms with E-state index in [0.717, 1.165) is 0 Å². The van der Waals surface area contributed by atoms with E-state index in [0.29, 0.717) is 0 Å². The van der Waals surface area contributed by atoms with Gasteiger partial charge in [0.15, 0.2) is 0 Å². The number of unbranched alkanes of at least 4 members (excludes halogenated alkanes) is 3. The summed E-state index contributed by atoms with van der Waals surface area (Å²) in [5.74, 6) is 0. The van der Waals surface area contributed by atoms with Crippen LogP contribution in [0.4, 0.5) is 0 Å². The van der Waals surface area contributed by atoms with Crippen LogP contribution in [0.15, 0.2) is 0 Å². The molecule has 0 saturated heterocycles. The summed E-state index contributed by atoms with van der Waals surface area (Å²) in [4.78, 5) is 0. The van der Waals surface area contributed by atoms with Crippen LogP contribution >= 0.6 is 15.9 Å². The van der Waals surface area contributed by atoms with E-state index in [1.807, 2.05) is 5.33 Å². The fraction of sp³-hybridized carbons (Fsp3) is 0.833. The van der Waals surface area contributed by atoms with Crippen molar-refractivity contribution in [2.75, 3.05) is 0 Å². The minimum atomic E-state index is 0. The van der Waals surface area contributed by atoms with E-state index in [1.54, 1.807) is 0 Å². The molecule has 0 aromatic rings. The summed E-state index contributed by atoms with van der Waals surface area (Å²) in [5.41, 5.74) is 0. The average Bonchev–Trinajstić information content (AvgIpc) is 1.69. The Labute approximate surface area is 73.3 Å². The molecule has 0 nitrogen and oxygen atoms in total. The monoisotopic (exact) mass is 227 g/mol. The molecule has 0 unspecified atom stereocenters. The van der Waals surface area contributed by atoms with Gasteiger partial charge in [-0.25, -0.2) is 0 Å². The van der Waals surface area contributed by atoms with E-state index in [1.165, 1.54) is 25.7 Å². The van der Waals surface area contributed by atoms with Crippen molar-refractivity contribution < 1.29 is 19.5 Å². The fourth-order valence-corrected chi connectivity index (χ4v) is 0.795. The van der Waals surface area contributed by atoms with Gasteiger partial charge in [-0.1, -0.05) is 26.2 Å². The number of hydrogen-bond acceptors (Lipinski definition) is 0. The van der Waals surface area contributed by atoms with Gasteiger partial charge < -0.3 is 15.9 Å². The SMILES string of the molecule is CCCCC[CH-]Br.[Zn]. The van der Waals surface area contributed by atoms with E-state index in [2.05, 4.69) is 22.9 Å². The molecule has 0 aromatic heterocycles. The molecule has 0 heterocycles. The molecule has 0 aliphatic heterocycles. The summed E-state index contributed by atoms with van der Waals surface area (Å²) < 4.78 is 0. The quantitative estimate of drug-likeness (QED) is 0.395. The molecule has 46 valence electrons. The van der Waals surface area contributed by atoms with Crippen LogP contribution in [0.3, 0.4) is 0 Å². The molecular weight excluding hydrogens is 217 g/mol. The van der Waals surface area contributed by atoms with Crippen molar-refractivity contribution in [2.24, 2.45) is 0 Å². The Balaban J connectivity index is 0. The third-order valence-corrected chi connectivity index (χ3v) is 1.37. The number of rotatable bonds is 4. The molecule has 0 saturated carbocycles. The maximum absolute atomic E-state index is 3.25. The Kier molecular flexibility index (Phi) is 16.3. The van der Waals surface area contributed by atoms with Crippen LogP contribution in [0.25, 0.3) is 0 Å². The average molecular weight is 229 g/mol. The second-order valence-corrected chi connectivity index (χ2v) is 2.30. The first-order valence-corrected chi connectivity index (χ1v) is 3.75. The largest absolute Gasteiger partial charge is 0.320 e. The van der Waals surface area contributed by atoms with Crippen LogP contribution in [0.2, 0.25) is 0 Å². The van der Waals surface area contributed by atoms with Gasteiger partial charge in [-0.15, -0.1) is 0 Å². The molecule has 0 aromatic carbocycles. The molecule has 0 radical (unpaired) electrons. The Morgan fingerprint density at radius 1 is 1.38 bits per heavy atom. The van der Waals surface area contributed by atoms with Crippen LogP contribution < -0.4 is 0 Å². The molecule has 0 fully saturated rings. The van der Waals surface area contributed by atoms with E-state index in [4.69, 9.17) is 0 Å². The van der Waals surface area contributed by atoms with E-state index in [9.17, 15) is 0 Å². The van der Waals surface area contributed by atoms with Crippen molar-refractivity contribution in [1.29, 1.82) is 0 Å². The zero-order valence-electron chi connectivity index (χ0n) is 5.49. The van der Waals surface area contributed by atoms with Crippen molar-refractivity contribution >= 4 is 15.9 Å². The van der Waals surface area contributed by atoms with Gasteiger partial charge >= 0.3 is 0 Å². The molecule has 0 N–H and O–H groups in total. The molecule has 0 rings (SSSR count). The van der Waals surface area contributed by atoms with Crippen LogP contribution in [0, 0.1) is 5.33 Å². The van der Waals surface area contributed by atoms with Crippen molar-refractivity contribution in [1.82, 2.24) is 0 Å². The predicted octanol–water partition coefficient (Wildman–Crippen LogP) is 3.12. The van der Waals surface area contributed by atoms with Crippen molar-refractivity contribution in [2.45, 2.75) is 32.6 Å². The molecule has 8 heavy (non-hydrogen) atoms. The van der Waals surface area contributed by atoms with Gasteiger partial charge in [-0.3, -0.25) is 5.33 Å². The molecular formula is C6H12BrZn-. The van der Waals surface area contributed by atoms with Crippen LogP contribution in [0.1, 0.15) is 32.6 Å². The fourth-order valence-electron chi connectivity index (χ4n) is 0.471. The smallest absolute Gasteiger partial charge is 0 e. The van der Waals surface area contributed by atoms with Gasteiger partial charge in [0.1, 0.15) is 0 Å². The zero-order chi connectivity index (χ0) is 5.54. The van der Waals surface area contributed by atoms with E-state index < -0.39 is 0 Å². The summed E-state index contributed by atoms with van der Waals surface area (Å²) in [7, 11) is 0. The van der Waals surface area contributed by atoms with Gasteiger partial charge in [-0.05, 0) is 0 Å². The molecule has 0 bridgehead atoms. The topological polar surface area (TPSA) is 0 Å². The summed E-state index contributed by atoms with van der Waals surface area (Å²) >= 11 is 3.25. The molecule has 0 aliphatic rings. The van der Waals surface area contributed by atoms with Gasteiger partial charge in [0.05, 0.1) is 0 Å². The van der Waals surface area contributed by atoms with E-state index >= 15 is 0 Å². The van der Waals surface area contributed by atoms with Crippen LogP contribution in [-0.4, -0.2) is 0 Å². The number of hydrogen-bond donors (Lipinski definition) is 0. The summed E-state index contributed by atoms with van der Waals surface area (Å²) in [5, 5.41) is 2.04. The second-order valence-electron chi connectivity index (χ2n) is 1.65. The first-order chi connectivity index (χ1) is 3.41. The van der Waals surface area contributed by atoms with Gasteiger partial charge in [-0.2, -0.15) is 6.42 Å². The molecule has 0 aliphatic carbocycles.